The number of nitrogens with two attached hydrogens (primary N) is 1. The molecule has 1 amide bonds. The van der Waals surface area contributed by atoms with Crippen LogP contribution in [0.5, 0.6) is 0 Å². The molecule has 14 heavy (non-hydrogen) atoms. The van der Waals surface area contributed by atoms with Gasteiger partial charge in [0.1, 0.15) is 0 Å². The van der Waals surface area contributed by atoms with Crippen molar-refractivity contribution in [3.05, 3.63) is 4.77 Å². The van der Waals surface area contributed by atoms with Crippen LogP contribution in [0.1, 0.15) is 6.42 Å². The highest BCUT2D eigenvalue weighted by Gasteiger charge is 2.31. The van der Waals surface area contributed by atoms with Gasteiger partial charge >= 0.3 is 0 Å². The van der Waals surface area contributed by atoms with Crippen LogP contribution in [-0.2, 0) is 4.79 Å². The molecule has 4 N–H and O–H groups in total. The van der Waals surface area contributed by atoms with E-state index in [0.717, 1.165) is 0 Å². The number of anilines is 1. The second-order valence-electron chi connectivity index (χ2n) is 3.30. The Morgan fingerprint density at radius 3 is 2.93 bits per heavy atom. The fourth-order valence-corrected chi connectivity index (χ4v) is 1.67. The predicted octanol–water partition coefficient (Wildman–Crippen LogP) is -0.221. The average Bonchev–Trinajstić information content (AvgIpc) is 2.71. The lowest BCUT2D eigenvalue weighted by Crippen LogP contribution is -2.26. The number of H-pyrrole nitrogens is 2. The number of hydrogen-bond acceptors (Lipinski definition) is 4. The molecule has 1 aromatic heterocycles. The lowest BCUT2D eigenvalue weighted by atomic mass is 10.1. The first-order valence-electron chi connectivity index (χ1n) is 4.36. The number of rotatable bonds is 2. The molecule has 1 saturated heterocycles. The molecule has 1 aliphatic rings. The lowest BCUT2D eigenvalue weighted by Gasteiger charge is -2.11. The minimum Gasteiger partial charge on any atom is -0.330 e. The first-order chi connectivity index (χ1) is 6.70. The fraction of sp³-hybridized carbons (Fsp3) is 0.571. The second kappa shape index (κ2) is 3.50. The van der Waals surface area contributed by atoms with Crippen molar-refractivity contribution in [2.24, 2.45) is 11.7 Å². The molecule has 0 spiro atoms. The summed E-state index contributed by atoms with van der Waals surface area (Å²) in [5.74, 6) is 0.746. The maximum absolute atomic E-state index is 11.5. The van der Waals surface area contributed by atoms with Gasteiger partial charge in [-0.2, -0.15) is 4.98 Å². The molecule has 1 aromatic rings. The SMILES string of the molecule is NCC1CC(=O)N(c2nc(=S)[nH][nH]2)C1. The number of hydrogen-bond donors (Lipinski definition) is 3. The zero-order valence-corrected chi connectivity index (χ0v) is 8.30. The molecule has 6 nitrogen and oxygen atoms in total. The van der Waals surface area contributed by atoms with Gasteiger partial charge in [-0.25, -0.2) is 0 Å². The molecule has 2 heterocycles. The number of aromatic amines is 2. The first kappa shape index (κ1) is 9.35. The van der Waals surface area contributed by atoms with Crippen molar-refractivity contribution >= 4 is 24.1 Å². The maximum atomic E-state index is 11.5. The number of aromatic nitrogens is 3. The Morgan fingerprint density at radius 2 is 2.43 bits per heavy atom. The summed E-state index contributed by atoms with van der Waals surface area (Å²) in [5.41, 5.74) is 5.50. The van der Waals surface area contributed by atoms with Crippen molar-refractivity contribution in [3.63, 3.8) is 0 Å². The average molecular weight is 213 g/mol. The fourth-order valence-electron chi connectivity index (χ4n) is 1.53. The quantitative estimate of drug-likeness (QED) is 0.592. The van der Waals surface area contributed by atoms with Gasteiger partial charge in [0.25, 0.3) is 0 Å². The molecular weight excluding hydrogens is 202 g/mol. The van der Waals surface area contributed by atoms with E-state index in [1.165, 1.54) is 0 Å². The Balaban J connectivity index is 2.20. The third-order valence-corrected chi connectivity index (χ3v) is 2.48. The van der Waals surface area contributed by atoms with Crippen molar-refractivity contribution in [1.82, 2.24) is 15.2 Å². The molecule has 0 radical (unpaired) electrons. The van der Waals surface area contributed by atoms with Crippen LogP contribution in [0.3, 0.4) is 0 Å². The first-order valence-corrected chi connectivity index (χ1v) is 4.76. The molecule has 0 aliphatic carbocycles. The van der Waals surface area contributed by atoms with Crippen LogP contribution in [0.25, 0.3) is 0 Å². The predicted molar refractivity (Wildman–Crippen MR) is 53.3 cm³/mol. The van der Waals surface area contributed by atoms with Gasteiger partial charge in [0, 0.05) is 13.0 Å². The van der Waals surface area contributed by atoms with Gasteiger partial charge in [-0.3, -0.25) is 19.9 Å². The van der Waals surface area contributed by atoms with Crippen LogP contribution >= 0.6 is 12.2 Å². The largest absolute Gasteiger partial charge is 0.330 e. The highest BCUT2D eigenvalue weighted by molar-refractivity contribution is 7.71. The second-order valence-corrected chi connectivity index (χ2v) is 3.69. The number of nitrogens with zero attached hydrogens (tertiary/aromatic N) is 2. The van der Waals surface area contributed by atoms with Crippen molar-refractivity contribution in [3.8, 4) is 0 Å². The molecular formula is C7H11N5OS. The Bertz CT molecular complexity index is 397. The van der Waals surface area contributed by atoms with Gasteiger partial charge in [-0.15, -0.1) is 0 Å². The summed E-state index contributed by atoms with van der Waals surface area (Å²) in [6.45, 7) is 1.14. The zero-order chi connectivity index (χ0) is 10.1. The van der Waals surface area contributed by atoms with Gasteiger partial charge in [0.15, 0.2) is 0 Å². The van der Waals surface area contributed by atoms with Crippen molar-refractivity contribution < 1.29 is 4.79 Å². The van der Waals surface area contributed by atoms with Crippen LogP contribution in [0.4, 0.5) is 5.95 Å². The van der Waals surface area contributed by atoms with E-state index in [1.54, 1.807) is 4.90 Å². The molecule has 7 heteroatoms. The molecule has 1 fully saturated rings. The van der Waals surface area contributed by atoms with Gasteiger partial charge in [-0.1, -0.05) is 0 Å². The number of nitrogens with one attached hydrogen (secondary N) is 2. The summed E-state index contributed by atoms with van der Waals surface area (Å²) in [6.07, 6.45) is 0.490. The van der Waals surface area contributed by atoms with E-state index in [2.05, 4.69) is 15.2 Å². The number of carbonyl (C=O) groups excluding carboxylic acids is 1. The minimum absolute atomic E-state index is 0.0400. The summed E-state index contributed by atoms with van der Waals surface area (Å²) in [7, 11) is 0. The Labute approximate surface area is 85.5 Å². The molecule has 1 aliphatic heterocycles. The summed E-state index contributed by atoms with van der Waals surface area (Å²) in [5, 5.41) is 5.40. The van der Waals surface area contributed by atoms with Gasteiger partial charge in [0.05, 0.1) is 0 Å². The standard InChI is InChI=1S/C7H11N5OS/c8-2-4-1-5(13)12(3-4)6-9-7(14)11-10-6/h4H,1-3,8H2,(H2,9,10,11,14). The summed E-state index contributed by atoms with van der Waals surface area (Å²) < 4.78 is 0.351. The molecule has 1 unspecified atom stereocenters. The van der Waals surface area contributed by atoms with E-state index in [-0.39, 0.29) is 11.8 Å². The van der Waals surface area contributed by atoms with Crippen LogP contribution in [0.15, 0.2) is 0 Å². The zero-order valence-electron chi connectivity index (χ0n) is 7.49. The Hall–Kier alpha value is -1.21. The molecule has 0 saturated carbocycles. The van der Waals surface area contributed by atoms with E-state index >= 15 is 0 Å². The topological polar surface area (TPSA) is 90.8 Å². The van der Waals surface area contributed by atoms with E-state index in [1.807, 2.05) is 0 Å². The normalized spacial score (nSPS) is 21.9. The monoisotopic (exact) mass is 213 g/mol. The van der Waals surface area contributed by atoms with Crippen molar-refractivity contribution in [2.45, 2.75) is 6.42 Å². The van der Waals surface area contributed by atoms with Crippen molar-refractivity contribution in [2.75, 3.05) is 18.0 Å². The van der Waals surface area contributed by atoms with E-state index in [0.29, 0.717) is 30.2 Å². The third-order valence-electron chi connectivity index (χ3n) is 2.28. The third kappa shape index (κ3) is 1.55. The smallest absolute Gasteiger partial charge is 0.229 e. The highest BCUT2D eigenvalue weighted by atomic mass is 32.1. The number of amides is 1. The Kier molecular flexibility index (Phi) is 2.34. The molecule has 0 aromatic carbocycles. The molecule has 76 valence electrons. The van der Waals surface area contributed by atoms with Crippen LogP contribution in [0, 0.1) is 10.7 Å². The van der Waals surface area contributed by atoms with Crippen molar-refractivity contribution in [1.29, 1.82) is 0 Å². The van der Waals surface area contributed by atoms with Gasteiger partial charge < -0.3 is 5.73 Å². The van der Waals surface area contributed by atoms with Crippen LogP contribution in [-0.4, -0.2) is 34.2 Å². The summed E-state index contributed by atoms with van der Waals surface area (Å²) in [4.78, 5) is 17.1. The molecule has 1 atom stereocenters. The number of carbonyl (C=O) groups is 1. The van der Waals surface area contributed by atoms with E-state index < -0.39 is 0 Å². The Morgan fingerprint density at radius 1 is 1.64 bits per heavy atom. The van der Waals surface area contributed by atoms with E-state index in [9.17, 15) is 4.79 Å². The van der Waals surface area contributed by atoms with Crippen LogP contribution in [0.2, 0.25) is 0 Å². The summed E-state index contributed by atoms with van der Waals surface area (Å²) in [6, 6.07) is 0. The summed E-state index contributed by atoms with van der Waals surface area (Å²) >= 11 is 4.80. The van der Waals surface area contributed by atoms with Gasteiger partial charge in [0.2, 0.25) is 16.6 Å². The highest BCUT2D eigenvalue weighted by Crippen LogP contribution is 2.20. The minimum atomic E-state index is 0.0400. The lowest BCUT2D eigenvalue weighted by molar-refractivity contribution is -0.117. The van der Waals surface area contributed by atoms with E-state index in [4.69, 9.17) is 18.0 Å². The van der Waals surface area contributed by atoms with Gasteiger partial charge in [-0.05, 0) is 24.7 Å². The maximum Gasteiger partial charge on any atom is 0.229 e. The molecule has 0 bridgehead atoms. The molecule has 2 rings (SSSR count). The van der Waals surface area contributed by atoms with Crippen LogP contribution < -0.4 is 10.6 Å².